The molecule has 22 heavy (non-hydrogen) atoms. The number of hydrogen-bond acceptors (Lipinski definition) is 4. The average Bonchev–Trinajstić information content (AvgIpc) is 3.04. The summed E-state index contributed by atoms with van der Waals surface area (Å²) in [6.45, 7) is 8.41. The van der Waals surface area contributed by atoms with Gasteiger partial charge in [-0.3, -0.25) is 14.7 Å². The Morgan fingerprint density at radius 1 is 1.18 bits per heavy atom. The van der Waals surface area contributed by atoms with Crippen LogP contribution in [0.3, 0.4) is 0 Å². The molecule has 1 aromatic carbocycles. The molecule has 0 N–H and O–H groups in total. The molecule has 2 aliphatic rings. The van der Waals surface area contributed by atoms with Crippen LogP contribution in [0.15, 0.2) is 29.3 Å². The fraction of sp³-hybridized carbons (Fsp3) is 0.500. The number of piperazine rings is 1. The topological polar surface area (TPSA) is 39.1 Å². The molecule has 0 bridgehead atoms. The maximum atomic E-state index is 12.8. The normalized spacial score (nSPS) is 19.5. The molecule has 2 heterocycles. The quantitative estimate of drug-likeness (QED) is 0.834. The van der Waals surface area contributed by atoms with Gasteiger partial charge in [-0.05, 0) is 18.7 Å². The third kappa shape index (κ3) is 2.96. The van der Waals surface area contributed by atoms with E-state index in [2.05, 4.69) is 21.7 Å². The van der Waals surface area contributed by atoms with Crippen LogP contribution in [-0.4, -0.2) is 72.4 Å². The number of benzene rings is 1. The minimum Gasteiger partial charge on any atom is -0.340 e. The molecule has 2 aliphatic heterocycles. The molecule has 0 radical (unpaired) electrons. The number of aliphatic imine (C=N–C) groups is 1. The van der Waals surface area contributed by atoms with Crippen LogP contribution < -0.4 is 0 Å². The summed E-state index contributed by atoms with van der Waals surface area (Å²) >= 11 is 6.16. The van der Waals surface area contributed by atoms with Crippen LogP contribution in [0.4, 0.5) is 0 Å². The van der Waals surface area contributed by atoms with Crippen LogP contribution in [0.2, 0.25) is 5.02 Å². The van der Waals surface area contributed by atoms with Gasteiger partial charge in [-0.15, -0.1) is 0 Å². The first-order valence-electron chi connectivity index (χ1n) is 7.79. The first-order valence-corrected chi connectivity index (χ1v) is 8.16. The molecule has 1 amide bonds. The van der Waals surface area contributed by atoms with Crippen LogP contribution in [0, 0.1) is 0 Å². The van der Waals surface area contributed by atoms with E-state index in [9.17, 15) is 4.79 Å². The molecule has 0 spiro atoms. The lowest BCUT2D eigenvalue weighted by atomic mass is 10.2. The zero-order chi connectivity index (χ0) is 15.5. The van der Waals surface area contributed by atoms with Gasteiger partial charge in [0.2, 0.25) is 5.96 Å². The minimum absolute atomic E-state index is 0.0558. The number of nitrogens with zero attached hydrogens (tertiary/aromatic N) is 4. The highest BCUT2D eigenvalue weighted by Crippen LogP contribution is 2.20. The molecular formula is C16H21ClN4O. The lowest BCUT2D eigenvalue weighted by Crippen LogP contribution is -2.53. The molecule has 0 saturated carbocycles. The molecule has 1 fully saturated rings. The van der Waals surface area contributed by atoms with Crippen molar-refractivity contribution in [1.29, 1.82) is 0 Å². The van der Waals surface area contributed by atoms with Crippen molar-refractivity contribution in [2.75, 3.05) is 45.8 Å². The van der Waals surface area contributed by atoms with Gasteiger partial charge < -0.3 is 9.80 Å². The molecule has 0 aromatic heterocycles. The highest BCUT2D eigenvalue weighted by atomic mass is 35.5. The van der Waals surface area contributed by atoms with Gasteiger partial charge in [0, 0.05) is 32.7 Å². The van der Waals surface area contributed by atoms with E-state index in [-0.39, 0.29) is 5.91 Å². The van der Waals surface area contributed by atoms with E-state index in [0.717, 1.165) is 38.7 Å². The summed E-state index contributed by atoms with van der Waals surface area (Å²) in [7, 11) is 0. The molecule has 1 aromatic rings. The van der Waals surface area contributed by atoms with Gasteiger partial charge in [0.15, 0.2) is 0 Å². The molecule has 5 nitrogen and oxygen atoms in total. The fourth-order valence-electron chi connectivity index (χ4n) is 2.94. The summed E-state index contributed by atoms with van der Waals surface area (Å²) in [5.41, 5.74) is 0.547. The highest BCUT2D eigenvalue weighted by Gasteiger charge is 2.31. The van der Waals surface area contributed by atoms with E-state index >= 15 is 0 Å². The maximum absolute atomic E-state index is 12.8. The monoisotopic (exact) mass is 320 g/mol. The van der Waals surface area contributed by atoms with Crippen molar-refractivity contribution in [2.24, 2.45) is 4.99 Å². The molecule has 6 heteroatoms. The Labute approximate surface area is 136 Å². The van der Waals surface area contributed by atoms with Crippen molar-refractivity contribution in [3.63, 3.8) is 0 Å². The van der Waals surface area contributed by atoms with E-state index in [1.165, 1.54) is 0 Å². The van der Waals surface area contributed by atoms with E-state index in [0.29, 0.717) is 23.7 Å². The van der Waals surface area contributed by atoms with Crippen molar-refractivity contribution in [2.45, 2.75) is 6.92 Å². The highest BCUT2D eigenvalue weighted by molar-refractivity contribution is 6.34. The third-order valence-corrected chi connectivity index (χ3v) is 4.60. The predicted molar refractivity (Wildman–Crippen MR) is 88.5 cm³/mol. The minimum atomic E-state index is -0.0558. The summed E-state index contributed by atoms with van der Waals surface area (Å²) < 4.78 is 0. The van der Waals surface area contributed by atoms with Gasteiger partial charge in [0.05, 0.1) is 17.1 Å². The second-order valence-electron chi connectivity index (χ2n) is 5.54. The van der Waals surface area contributed by atoms with Crippen LogP contribution >= 0.6 is 11.6 Å². The first kappa shape index (κ1) is 15.3. The van der Waals surface area contributed by atoms with Crippen molar-refractivity contribution in [3.05, 3.63) is 34.9 Å². The Hall–Kier alpha value is -1.59. The van der Waals surface area contributed by atoms with Crippen LogP contribution in [-0.2, 0) is 0 Å². The lowest BCUT2D eigenvalue weighted by Gasteiger charge is -2.37. The zero-order valence-corrected chi connectivity index (χ0v) is 13.6. The molecule has 3 rings (SSSR count). The number of rotatable bonds is 2. The Morgan fingerprint density at radius 2 is 1.91 bits per heavy atom. The molecule has 0 unspecified atom stereocenters. The summed E-state index contributed by atoms with van der Waals surface area (Å²) in [6, 6.07) is 7.20. The smallest absolute Gasteiger partial charge is 0.262 e. The number of likely N-dealkylation sites (N-methyl/N-ethyl adjacent to an activating group) is 1. The maximum Gasteiger partial charge on any atom is 0.262 e. The van der Waals surface area contributed by atoms with Gasteiger partial charge in [-0.1, -0.05) is 30.7 Å². The van der Waals surface area contributed by atoms with E-state index < -0.39 is 0 Å². The number of amides is 1. The number of guanidine groups is 1. The number of carbonyl (C=O) groups excluding carboxylic acids is 1. The van der Waals surface area contributed by atoms with E-state index in [1.54, 1.807) is 17.0 Å². The Morgan fingerprint density at radius 3 is 2.59 bits per heavy atom. The van der Waals surface area contributed by atoms with E-state index in [1.807, 2.05) is 12.1 Å². The largest absolute Gasteiger partial charge is 0.340 e. The molecule has 1 saturated heterocycles. The first-order chi connectivity index (χ1) is 10.7. The van der Waals surface area contributed by atoms with Crippen molar-refractivity contribution < 1.29 is 4.79 Å². The predicted octanol–water partition coefficient (Wildman–Crippen LogP) is 1.79. The Balaban J connectivity index is 1.74. The second kappa shape index (κ2) is 6.67. The molecule has 0 aliphatic carbocycles. The molecule has 0 atom stereocenters. The molecule has 118 valence electrons. The Kier molecular flexibility index (Phi) is 4.64. The number of hydrogen-bond donors (Lipinski definition) is 0. The van der Waals surface area contributed by atoms with Crippen molar-refractivity contribution in [1.82, 2.24) is 14.7 Å². The molecular weight excluding hydrogens is 300 g/mol. The van der Waals surface area contributed by atoms with Gasteiger partial charge in [-0.25, -0.2) is 0 Å². The van der Waals surface area contributed by atoms with Crippen LogP contribution in [0.1, 0.15) is 17.3 Å². The van der Waals surface area contributed by atoms with Gasteiger partial charge >= 0.3 is 0 Å². The van der Waals surface area contributed by atoms with Gasteiger partial charge in [0.1, 0.15) is 0 Å². The number of carbonyl (C=O) groups is 1. The summed E-state index contributed by atoms with van der Waals surface area (Å²) in [5, 5.41) is 0.495. The summed E-state index contributed by atoms with van der Waals surface area (Å²) in [6.07, 6.45) is 0. The second-order valence-corrected chi connectivity index (χ2v) is 5.95. The summed E-state index contributed by atoms with van der Waals surface area (Å²) in [4.78, 5) is 23.7. The van der Waals surface area contributed by atoms with Gasteiger partial charge in [-0.2, -0.15) is 0 Å². The lowest BCUT2D eigenvalue weighted by molar-refractivity contribution is 0.0834. The van der Waals surface area contributed by atoms with Crippen molar-refractivity contribution in [3.8, 4) is 0 Å². The third-order valence-electron chi connectivity index (χ3n) is 4.27. The number of halogens is 1. The van der Waals surface area contributed by atoms with Crippen LogP contribution in [0.25, 0.3) is 0 Å². The van der Waals surface area contributed by atoms with Crippen molar-refractivity contribution >= 4 is 23.5 Å². The fourth-order valence-corrected chi connectivity index (χ4v) is 3.16. The Bertz CT molecular complexity index is 581. The standard InChI is InChI=1S/C16H21ClN4O/c1-2-19-9-11-20(12-10-19)16-18-7-8-21(16)15(22)13-5-3-4-6-14(13)17/h3-6H,2,7-12H2,1H3. The van der Waals surface area contributed by atoms with Crippen LogP contribution in [0.5, 0.6) is 0 Å². The van der Waals surface area contributed by atoms with Gasteiger partial charge in [0.25, 0.3) is 5.91 Å². The summed E-state index contributed by atoms with van der Waals surface area (Å²) in [5.74, 6) is 0.750. The zero-order valence-electron chi connectivity index (χ0n) is 12.8. The average molecular weight is 321 g/mol. The SMILES string of the molecule is CCN1CCN(C2=NCCN2C(=O)c2ccccc2Cl)CC1. The van der Waals surface area contributed by atoms with E-state index in [4.69, 9.17) is 11.6 Å².